The molecular weight excluding hydrogens is 304 g/mol. The molecule has 1 heterocycles. The maximum atomic E-state index is 13.2. The largest absolute Gasteiger partial charge is 0.485 e. The van der Waals surface area contributed by atoms with E-state index in [-0.39, 0.29) is 16.1 Å². The number of hydrogen-bond acceptors (Lipinski definition) is 3. The molecular formula is C14H18Cl2FNO2. The van der Waals surface area contributed by atoms with Crippen molar-refractivity contribution in [3.8, 4) is 5.75 Å². The van der Waals surface area contributed by atoms with Crippen molar-refractivity contribution in [3.05, 3.63) is 28.0 Å². The highest BCUT2D eigenvalue weighted by molar-refractivity contribution is 6.37. The molecule has 2 atom stereocenters. The standard InChI is InChI=1S/C14H18Cl2FNO2/c1-2-19-8-13(9-3-4-18-7-9)20-14-11(15)5-10(17)6-12(14)16/h5-6,9,13,18H,2-4,7-8H2,1H3/t9?,13-/m0/s1. The molecule has 1 saturated heterocycles. The van der Waals surface area contributed by atoms with E-state index >= 15 is 0 Å². The Morgan fingerprint density at radius 3 is 2.65 bits per heavy atom. The van der Waals surface area contributed by atoms with Gasteiger partial charge in [-0.05, 0) is 32.0 Å². The number of benzene rings is 1. The Morgan fingerprint density at radius 1 is 1.40 bits per heavy atom. The predicted octanol–water partition coefficient (Wildman–Crippen LogP) is 3.53. The van der Waals surface area contributed by atoms with E-state index in [1.54, 1.807) is 0 Å². The normalized spacial score (nSPS) is 20.1. The highest BCUT2D eigenvalue weighted by Gasteiger charge is 2.28. The van der Waals surface area contributed by atoms with E-state index in [0.29, 0.717) is 24.9 Å². The molecule has 2 rings (SSSR count). The molecule has 1 aliphatic rings. The second-order valence-corrected chi connectivity index (χ2v) is 5.58. The molecule has 6 heteroatoms. The molecule has 0 bridgehead atoms. The second-order valence-electron chi connectivity index (χ2n) is 4.77. The third kappa shape index (κ3) is 3.98. The summed E-state index contributed by atoms with van der Waals surface area (Å²) >= 11 is 12.0. The molecule has 0 aliphatic carbocycles. The van der Waals surface area contributed by atoms with Crippen LogP contribution in [-0.2, 0) is 4.74 Å². The first-order chi connectivity index (χ1) is 9.61. The molecule has 112 valence electrons. The zero-order chi connectivity index (χ0) is 14.5. The lowest BCUT2D eigenvalue weighted by Crippen LogP contribution is -2.33. The van der Waals surface area contributed by atoms with Crippen molar-refractivity contribution < 1.29 is 13.9 Å². The van der Waals surface area contributed by atoms with E-state index in [1.165, 1.54) is 12.1 Å². The van der Waals surface area contributed by atoms with Gasteiger partial charge in [0.05, 0.1) is 16.7 Å². The number of rotatable bonds is 6. The third-order valence-corrected chi connectivity index (χ3v) is 3.90. The molecule has 3 nitrogen and oxygen atoms in total. The molecule has 1 fully saturated rings. The van der Waals surface area contributed by atoms with Crippen LogP contribution in [0.25, 0.3) is 0 Å². The van der Waals surface area contributed by atoms with E-state index < -0.39 is 5.82 Å². The maximum Gasteiger partial charge on any atom is 0.157 e. The summed E-state index contributed by atoms with van der Waals surface area (Å²) in [6.45, 7) is 4.84. The van der Waals surface area contributed by atoms with Crippen LogP contribution in [0.15, 0.2) is 12.1 Å². The van der Waals surface area contributed by atoms with Gasteiger partial charge in [-0.1, -0.05) is 23.2 Å². The molecule has 1 aromatic rings. The van der Waals surface area contributed by atoms with Crippen LogP contribution < -0.4 is 10.1 Å². The van der Waals surface area contributed by atoms with Crippen molar-refractivity contribution in [1.29, 1.82) is 0 Å². The Labute approximate surface area is 128 Å². The van der Waals surface area contributed by atoms with Crippen LogP contribution in [0.4, 0.5) is 4.39 Å². The summed E-state index contributed by atoms with van der Waals surface area (Å²) in [5.41, 5.74) is 0. The first-order valence-electron chi connectivity index (χ1n) is 6.71. The average molecular weight is 322 g/mol. The van der Waals surface area contributed by atoms with Crippen molar-refractivity contribution in [2.75, 3.05) is 26.3 Å². The summed E-state index contributed by atoms with van der Waals surface area (Å²) in [5, 5.41) is 3.66. The minimum Gasteiger partial charge on any atom is -0.485 e. The lowest BCUT2D eigenvalue weighted by molar-refractivity contribution is 0.0292. The van der Waals surface area contributed by atoms with Crippen molar-refractivity contribution in [1.82, 2.24) is 5.32 Å². The SMILES string of the molecule is CCOC[C@H](Oc1c(Cl)cc(F)cc1Cl)C1CCNC1. The lowest BCUT2D eigenvalue weighted by atomic mass is 10.0. The quantitative estimate of drug-likeness (QED) is 0.869. The molecule has 20 heavy (non-hydrogen) atoms. The Kier molecular flexibility index (Phi) is 5.90. The van der Waals surface area contributed by atoms with Crippen molar-refractivity contribution in [2.45, 2.75) is 19.4 Å². The second kappa shape index (κ2) is 7.46. The monoisotopic (exact) mass is 321 g/mol. The van der Waals surface area contributed by atoms with Crippen molar-refractivity contribution in [2.24, 2.45) is 5.92 Å². The van der Waals surface area contributed by atoms with E-state index in [2.05, 4.69) is 5.32 Å². The first kappa shape index (κ1) is 15.8. The Hall–Kier alpha value is -0.550. The summed E-state index contributed by atoms with van der Waals surface area (Å²) in [4.78, 5) is 0. The van der Waals surface area contributed by atoms with Crippen molar-refractivity contribution >= 4 is 23.2 Å². The molecule has 1 N–H and O–H groups in total. The molecule has 0 spiro atoms. The fourth-order valence-corrected chi connectivity index (χ4v) is 2.84. The molecule has 1 unspecified atom stereocenters. The smallest absolute Gasteiger partial charge is 0.157 e. The van der Waals surface area contributed by atoms with Gasteiger partial charge in [-0.15, -0.1) is 0 Å². The van der Waals surface area contributed by atoms with Crippen LogP contribution in [-0.4, -0.2) is 32.4 Å². The van der Waals surface area contributed by atoms with Gasteiger partial charge in [0.25, 0.3) is 0 Å². The topological polar surface area (TPSA) is 30.5 Å². The average Bonchev–Trinajstić information content (AvgIpc) is 2.91. The number of ether oxygens (including phenoxy) is 2. The zero-order valence-corrected chi connectivity index (χ0v) is 12.8. The highest BCUT2D eigenvalue weighted by atomic mass is 35.5. The fourth-order valence-electron chi connectivity index (χ4n) is 2.29. The molecule has 0 amide bonds. The van der Waals surface area contributed by atoms with Crippen LogP contribution in [0, 0.1) is 11.7 Å². The van der Waals surface area contributed by atoms with Crippen LogP contribution >= 0.6 is 23.2 Å². The number of hydrogen-bond donors (Lipinski definition) is 1. The van der Waals surface area contributed by atoms with E-state index in [1.807, 2.05) is 6.92 Å². The summed E-state index contributed by atoms with van der Waals surface area (Å²) in [5.74, 6) is 0.182. The van der Waals surface area contributed by atoms with Gasteiger partial charge in [-0.2, -0.15) is 0 Å². The van der Waals surface area contributed by atoms with Crippen molar-refractivity contribution in [3.63, 3.8) is 0 Å². The van der Waals surface area contributed by atoms with E-state index in [9.17, 15) is 4.39 Å². The summed E-state index contributed by atoms with van der Waals surface area (Å²) in [6, 6.07) is 2.40. The number of halogens is 3. The lowest BCUT2D eigenvalue weighted by Gasteiger charge is -2.25. The Bertz CT molecular complexity index is 430. The van der Waals surface area contributed by atoms with Crippen LogP contribution in [0.1, 0.15) is 13.3 Å². The van der Waals surface area contributed by atoms with Crippen LogP contribution in [0.5, 0.6) is 5.75 Å². The molecule has 0 radical (unpaired) electrons. The minimum atomic E-state index is -0.476. The van der Waals surface area contributed by atoms with Gasteiger partial charge in [-0.25, -0.2) is 4.39 Å². The molecule has 1 aliphatic heterocycles. The zero-order valence-electron chi connectivity index (χ0n) is 11.3. The third-order valence-electron chi connectivity index (χ3n) is 3.34. The van der Waals surface area contributed by atoms with E-state index in [4.69, 9.17) is 32.7 Å². The molecule has 0 aromatic heterocycles. The van der Waals surface area contributed by atoms with Crippen LogP contribution in [0.3, 0.4) is 0 Å². The van der Waals surface area contributed by atoms with Gasteiger partial charge in [0.2, 0.25) is 0 Å². The summed E-state index contributed by atoms with van der Waals surface area (Å²) in [7, 11) is 0. The summed E-state index contributed by atoms with van der Waals surface area (Å²) in [6.07, 6.45) is 0.860. The van der Waals surface area contributed by atoms with Gasteiger partial charge >= 0.3 is 0 Å². The molecule has 1 aromatic carbocycles. The van der Waals surface area contributed by atoms with Gasteiger partial charge in [-0.3, -0.25) is 0 Å². The van der Waals surface area contributed by atoms with Gasteiger partial charge in [0, 0.05) is 19.1 Å². The van der Waals surface area contributed by atoms with E-state index in [0.717, 1.165) is 19.5 Å². The maximum absolute atomic E-state index is 13.2. The summed E-state index contributed by atoms with van der Waals surface area (Å²) < 4.78 is 24.6. The first-order valence-corrected chi connectivity index (χ1v) is 7.47. The number of nitrogens with one attached hydrogen (secondary N) is 1. The minimum absolute atomic E-state index is 0.148. The van der Waals surface area contributed by atoms with Crippen LogP contribution in [0.2, 0.25) is 10.0 Å². The highest BCUT2D eigenvalue weighted by Crippen LogP contribution is 2.35. The predicted molar refractivity (Wildman–Crippen MR) is 78.3 cm³/mol. The van der Waals surface area contributed by atoms with Gasteiger partial charge < -0.3 is 14.8 Å². The Balaban J connectivity index is 2.14. The molecule has 0 saturated carbocycles. The fraction of sp³-hybridized carbons (Fsp3) is 0.571. The van der Waals surface area contributed by atoms with Gasteiger partial charge in [0.15, 0.2) is 5.75 Å². The van der Waals surface area contributed by atoms with Gasteiger partial charge in [0.1, 0.15) is 11.9 Å². The Morgan fingerprint density at radius 2 is 2.10 bits per heavy atom.